The number of phosphoric acid groups is 1. The SMILES string of the molecule is CCCCCCCCCCCCCC(=O)OC(COC(=O)CCCCCCCCCCC)COP(=O)(O)OCC(O)CO. The Hall–Kier alpha value is -1.03. The Morgan fingerprint density at radius 3 is 1.44 bits per heavy atom. The molecular formula is C32H63O10P. The number of aliphatic hydroxyl groups excluding tert-OH is 2. The second-order valence-electron chi connectivity index (χ2n) is 11.6. The van der Waals surface area contributed by atoms with E-state index in [1.807, 2.05) is 0 Å². The molecule has 0 aromatic carbocycles. The molecule has 0 aliphatic heterocycles. The van der Waals surface area contributed by atoms with Crippen molar-refractivity contribution < 1.29 is 47.8 Å². The number of esters is 2. The van der Waals surface area contributed by atoms with Gasteiger partial charge in [-0.25, -0.2) is 4.57 Å². The van der Waals surface area contributed by atoms with Gasteiger partial charge in [-0.2, -0.15) is 0 Å². The van der Waals surface area contributed by atoms with Gasteiger partial charge in [-0.15, -0.1) is 0 Å². The lowest BCUT2D eigenvalue weighted by atomic mass is 10.1. The van der Waals surface area contributed by atoms with Crippen molar-refractivity contribution in [2.75, 3.05) is 26.4 Å². The highest BCUT2D eigenvalue weighted by molar-refractivity contribution is 7.47. The van der Waals surface area contributed by atoms with Gasteiger partial charge in [-0.05, 0) is 12.8 Å². The van der Waals surface area contributed by atoms with Crippen molar-refractivity contribution in [2.24, 2.45) is 0 Å². The van der Waals surface area contributed by atoms with Crippen molar-refractivity contribution in [1.29, 1.82) is 0 Å². The molecule has 0 aromatic heterocycles. The van der Waals surface area contributed by atoms with Crippen LogP contribution < -0.4 is 0 Å². The van der Waals surface area contributed by atoms with Crippen molar-refractivity contribution in [3.63, 3.8) is 0 Å². The molecule has 0 amide bonds. The average Bonchev–Trinajstić information content (AvgIpc) is 2.99. The lowest BCUT2D eigenvalue weighted by Gasteiger charge is -2.20. The van der Waals surface area contributed by atoms with E-state index in [1.165, 1.54) is 77.0 Å². The molecule has 10 nitrogen and oxygen atoms in total. The normalized spacial score (nSPS) is 14.3. The van der Waals surface area contributed by atoms with Gasteiger partial charge in [0.2, 0.25) is 0 Å². The van der Waals surface area contributed by atoms with Gasteiger partial charge in [0.15, 0.2) is 6.10 Å². The smallest absolute Gasteiger partial charge is 0.462 e. The Morgan fingerprint density at radius 2 is 1.00 bits per heavy atom. The maximum absolute atomic E-state index is 12.5. The van der Waals surface area contributed by atoms with Crippen molar-refractivity contribution in [1.82, 2.24) is 0 Å². The van der Waals surface area contributed by atoms with Crippen LogP contribution in [0.1, 0.15) is 155 Å². The third kappa shape index (κ3) is 29.4. The summed E-state index contributed by atoms with van der Waals surface area (Å²) in [5.41, 5.74) is 0. The molecule has 0 saturated heterocycles. The molecular weight excluding hydrogens is 575 g/mol. The van der Waals surface area contributed by atoms with Crippen molar-refractivity contribution in [2.45, 2.75) is 167 Å². The van der Waals surface area contributed by atoms with Gasteiger partial charge in [-0.1, -0.05) is 129 Å². The lowest BCUT2D eigenvalue weighted by molar-refractivity contribution is -0.161. The third-order valence-corrected chi connectivity index (χ3v) is 8.21. The lowest BCUT2D eigenvalue weighted by Crippen LogP contribution is -2.29. The Morgan fingerprint density at radius 1 is 0.605 bits per heavy atom. The zero-order chi connectivity index (χ0) is 32.0. The van der Waals surface area contributed by atoms with E-state index in [0.29, 0.717) is 12.8 Å². The first-order valence-electron chi connectivity index (χ1n) is 17.0. The predicted molar refractivity (Wildman–Crippen MR) is 169 cm³/mol. The number of unbranched alkanes of at least 4 members (excludes halogenated alkanes) is 18. The summed E-state index contributed by atoms with van der Waals surface area (Å²) >= 11 is 0. The Bertz CT molecular complexity index is 706. The van der Waals surface area contributed by atoms with E-state index in [2.05, 4.69) is 18.4 Å². The first kappa shape index (κ1) is 42.0. The molecule has 0 spiro atoms. The summed E-state index contributed by atoms with van der Waals surface area (Å²) in [7, 11) is -4.59. The van der Waals surface area contributed by atoms with E-state index in [-0.39, 0.29) is 19.4 Å². The van der Waals surface area contributed by atoms with Crippen molar-refractivity contribution in [3.05, 3.63) is 0 Å². The predicted octanol–water partition coefficient (Wildman–Crippen LogP) is 7.55. The summed E-state index contributed by atoms with van der Waals surface area (Å²) < 4.78 is 32.4. The highest BCUT2D eigenvalue weighted by Crippen LogP contribution is 2.43. The summed E-state index contributed by atoms with van der Waals surface area (Å²) in [5.74, 6) is -0.923. The van der Waals surface area contributed by atoms with E-state index >= 15 is 0 Å². The van der Waals surface area contributed by atoms with E-state index in [9.17, 15) is 24.2 Å². The summed E-state index contributed by atoms with van der Waals surface area (Å²) in [6, 6.07) is 0. The fourth-order valence-corrected chi connectivity index (χ4v) is 5.37. The Kier molecular flexibility index (Phi) is 29.0. The topological polar surface area (TPSA) is 149 Å². The molecule has 3 N–H and O–H groups in total. The van der Waals surface area contributed by atoms with Crippen LogP contribution in [0.5, 0.6) is 0 Å². The number of hydrogen-bond acceptors (Lipinski definition) is 9. The van der Waals surface area contributed by atoms with Crippen molar-refractivity contribution >= 4 is 19.8 Å². The molecule has 0 bridgehead atoms. The third-order valence-electron chi connectivity index (χ3n) is 7.26. The Labute approximate surface area is 261 Å². The number of ether oxygens (including phenoxy) is 2. The fourth-order valence-electron chi connectivity index (χ4n) is 4.58. The Balaban J connectivity index is 4.42. The van der Waals surface area contributed by atoms with Crippen LogP contribution in [0.15, 0.2) is 0 Å². The zero-order valence-electron chi connectivity index (χ0n) is 27.2. The largest absolute Gasteiger partial charge is 0.472 e. The molecule has 0 fully saturated rings. The number of carbonyl (C=O) groups is 2. The van der Waals surface area contributed by atoms with Gasteiger partial charge in [0.25, 0.3) is 0 Å². The van der Waals surface area contributed by atoms with E-state index in [1.54, 1.807) is 0 Å². The summed E-state index contributed by atoms with van der Waals surface area (Å²) in [6.45, 7) is 2.33. The molecule has 0 radical (unpaired) electrons. The summed E-state index contributed by atoms with van der Waals surface area (Å²) in [5, 5.41) is 18.2. The minimum Gasteiger partial charge on any atom is -0.462 e. The van der Waals surface area contributed by atoms with Crippen LogP contribution in [0.3, 0.4) is 0 Å². The maximum atomic E-state index is 12.5. The number of rotatable bonds is 32. The highest BCUT2D eigenvalue weighted by atomic mass is 31.2. The number of hydrogen-bond donors (Lipinski definition) is 3. The molecule has 0 aliphatic rings. The molecule has 3 unspecified atom stereocenters. The van der Waals surface area contributed by atoms with Crippen LogP contribution in [0.25, 0.3) is 0 Å². The quantitative estimate of drug-likeness (QED) is 0.0383. The number of phosphoric ester groups is 1. The molecule has 11 heteroatoms. The minimum atomic E-state index is -4.59. The molecule has 0 aromatic rings. The monoisotopic (exact) mass is 638 g/mol. The van der Waals surface area contributed by atoms with Gasteiger partial charge in [-0.3, -0.25) is 18.6 Å². The van der Waals surface area contributed by atoms with Crippen LogP contribution in [0.4, 0.5) is 0 Å². The van der Waals surface area contributed by atoms with E-state index < -0.39 is 51.8 Å². The maximum Gasteiger partial charge on any atom is 0.472 e. The van der Waals surface area contributed by atoms with Gasteiger partial charge in [0, 0.05) is 12.8 Å². The summed E-state index contributed by atoms with van der Waals surface area (Å²) in [4.78, 5) is 34.6. The fraction of sp³-hybridized carbons (Fsp3) is 0.938. The van der Waals surface area contributed by atoms with Gasteiger partial charge in [0.1, 0.15) is 12.7 Å². The molecule has 0 saturated carbocycles. The average molecular weight is 639 g/mol. The van der Waals surface area contributed by atoms with E-state index in [4.69, 9.17) is 19.1 Å². The van der Waals surface area contributed by atoms with Crippen LogP contribution in [-0.4, -0.2) is 65.7 Å². The van der Waals surface area contributed by atoms with Crippen LogP contribution in [-0.2, 0) is 32.7 Å². The molecule has 3 atom stereocenters. The number of aliphatic hydroxyl groups is 2. The molecule has 43 heavy (non-hydrogen) atoms. The minimum absolute atomic E-state index is 0.190. The molecule has 0 rings (SSSR count). The van der Waals surface area contributed by atoms with Crippen LogP contribution in [0.2, 0.25) is 0 Å². The van der Waals surface area contributed by atoms with Crippen LogP contribution >= 0.6 is 7.82 Å². The molecule has 256 valence electrons. The van der Waals surface area contributed by atoms with Gasteiger partial charge >= 0.3 is 19.8 Å². The standard InChI is InChI=1S/C32H63O10P/c1-3-5-7-9-11-13-14-16-18-20-22-24-32(36)42-30(28-41-43(37,38)40-26-29(34)25-33)27-39-31(35)23-21-19-17-15-12-10-8-6-4-2/h29-30,33-34H,3-28H2,1-2H3,(H,37,38). The molecule has 0 aliphatic carbocycles. The molecule has 0 heterocycles. The number of carbonyl (C=O) groups excluding carboxylic acids is 2. The summed E-state index contributed by atoms with van der Waals surface area (Å²) in [6.07, 6.45) is 20.9. The first-order valence-corrected chi connectivity index (χ1v) is 18.5. The van der Waals surface area contributed by atoms with Crippen molar-refractivity contribution in [3.8, 4) is 0 Å². The second-order valence-corrected chi connectivity index (χ2v) is 13.0. The second kappa shape index (κ2) is 29.7. The highest BCUT2D eigenvalue weighted by Gasteiger charge is 2.27. The van der Waals surface area contributed by atoms with Gasteiger partial charge < -0.3 is 24.6 Å². The van der Waals surface area contributed by atoms with Crippen LogP contribution in [0, 0.1) is 0 Å². The zero-order valence-corrected chi connectivity index (χ0v) is 28.1. The van der Waals surface area contributed by atoms with E-state index in [0.717, 1.165) is 38.5 Å². The van der Waals surface area contributed by atoms with Gasteiger partial charge in [0.05, 0.1) is 19.8 Å². The first-order chi connectivity index (χ1) is 20.7.